The van der Waals surface area contributed by atoms with Crippen molar-refractivity contribution in [3.8, 4) is 6.07 Å². The van der Waals surface area contributed by atoms with Gasteiger partial charge in [0.05, 0.1) is 23.0 Å². The minimum Gasteiger partial charge on any atom is -0.397 e. The minimum absolute atomic E-state index is 0.601. The van der Waals surface area contributed by atoms with Crippen molar-refractivity contribution in [3.63, 3.8) is 0 Å². The molecule has 0 amide bonds. The standard InChI is InChI=1S/C19H17N4P/c20-12-13-5-4-8-15(9-13)23-17-11-18(19(24)10-16(17)21)22-14-6-2-1-3-7-14/h1-11,22-23H,21,24H2. The van der Waals surface area contributed by atoms with Gasteiger partial charge in [0.1, 0.15) is 0 Å². The lowest BCUT2D eigenvalue weighted by molar-refractivity contribution is 1.47. The van der Waals surface area contributed by atoms with Gasteiger partial charge in [0.15, 0.2) is 0 Å². The second-order valence-corrected chi connectivity index (χ2v) is 5.96. The van der Waals surface area contributed by atoms with Crippen LogP contribution in [0.5, 0.6) is 0 Å². The summed E-state index contributed by atoms with van der Waals surface area (Å²) >= 11 is 0. The highest BCUT2D eigenvalue weighted by atomic mass is 31.0. The van der Waals surface area contributed by atoms with Gasteiger partial charge in [-0.2, -0.15) is 5.26 Å². The second-order valence-electron chi connectivity index (χ2n) is 5.34. The highest BCUT2D eigenvalue weighted by molar-refractivity contribution is 7.28. The van der Waals surface area contributed by atoms with Crippen LogP contribution >= 0.6 is 9.24 Å². The zero-order chi connectivity index (χ0) is 16.9. The smallest absolute Gasteiger partial charge is 0.0992 e. The number of para-hydroxylation sites is 1. The second kappa shape index (κ2) is 7.04. The fourth-order valence-electron chi connectivity index (χ4n) is 2.35. The van der Waals surface area contributed by atoms with E-state index in [1.165, 1.54) is 0 Å². The fraction of sp³-hybridized carbons (Fsp3) is 0. The number of nitrogen functional groups attached to an aromatic ring is 1. The van der Waals surface area contributed by atoms with E-state index in [9.17, 15) is 0 Å². The molecule has 0 heterocycles. The first kappa shape index (κ1) is 15.9. The van der Waals surface area contributed by atoms with Crippen molar-refractivity contribution in [1.29, 1.82) is 5.26 Å². The topological polar surface area (TPSA) is 73.9 Å². The molecule has 3 rings (SSSR count). The van der Waals surface area contributed by atoms with Crippen molar-refractivity contribution in [1.82, 2.24) is 0 Å². The average Bonchev–Trinajstić information content (AvgIpc) is 2.60. The van der Waals surface area contributed by atoms with E-state index in [-0.39, 0.29) is 0 Å². The van der Waals surface area contributed by atoms with Gasteiger partial charge in [-0.05, 0) is 47.8 Å². The molecule has 3 aromatic rings. The predicted octanol–water partition coefficient (Wildman–Crippen LogP) is 4.13. The summed E-state index contributed by atoms with van der Waals surface area (Å²) in [4.78, 5) is 0. The Morgan fingerprint density at radius 3 is 2.29 bits per heavy atom. The van der Waals surface area contributed by atoms with E-state index >= 15 is 0 Å². The van der Waals surface area contributed by atoms with Gasteiger partial charge < -0.3 is 16.4 Å². The molecular weight excluding hydrogens is 315 g/mol. The van der Waals surface area contributed by atoms with Crippen molar-refractivity contribution >= 4 is 43.0 Å². The van der Waals surface area contributed by atoms with E-state index in [0.717, 1.165) is 28.1 Å². The summed E-state index contributed by atoms with van der Waals surface area (Å²) < 4.78 is 0. The Balaban J connectivity index is 1.90. The molecule has 0 aliphatic heterocycles. The summed E-state index contributed by atoms with van der Waals surface area (Å²) in [6.45, 7) is 0. The third-order valence-electron chi connectivity index (χ3n) is 3.55. The molecule has 0 radical (unpaired) electrons. The van der Waals surface area contributed by atoms with Crippen molar-refractivity contribution in [2.75, 3.05) is 16.4 Å². The zero-order valence-corrected chi connectivity index (χ0v) is 14.1. The van der Waals surface area contributed by atoms with Gasteiger partial charge in [0, 0.05) is 17.1 Å². The molecule has 0 bridgehead atoms. The molecule has 0 fully saturated rings. The molecule has 0 aliphatic carbocycles. The van der Waals surface area contributed by atoms with Gasteiger partial charge in [-0.3, -0.25) is 0 Å². The lowest BCUT2D eigenvalue weighted by atomic mass is 10.2. The number of benzene rings is 3. The van der Waals surface area contributed by atoms with Crippen molar-refractivity contribution in [3.05, 3.63) is 72.3 Å². The predicted molar refractivity (Wildman–Crippen MR) is 104 cm³/mol. The van der Waals surface area contributed by atoms with E-state index in [0.29, 0.717) is 11.3 Å². The number of nitrogens with zero attached hydrogens (tertiary/aromatic N) is 1. The number of rotatable bonds is 4. The van der Waals surface area contributed by atoms with Crippen molar-refractivity contribution < 1.29 is 0 Å². The molecule has 4 nitrogen and oxygen atoms in total. The van der Waals surface area contributed by atoms with Gasteiger partial charge in [-0.1, -0.05) is 24.3 Å². The number of nitriles is 1. The van der Waals surface area contributed by atoms with Crippen LogP contribution in [0.15, 0.2) is 66.7 Å². The summed E-state index contributed by atoms with van der Waals surface area (Å²) in [7, 11) is 2.69. The lowest BCUT2D eigenvalue weighted by Crippen LogP contribution is -2.06. The summed E-state index contributed by atoms with van der Waals surface area (Å²) in [6, 6.07) is 23.2. The van der Waals surface area contributed by atoms with Crippen LogP contribution in [-0.2, 0) is 0 Å². The quantitative estimate of drug-likeness (QED) is 0.496. The van der Waals surface area contributed by atoms with Crippen molar-refractivity contribution in [2.45, 2.75) is 0 Å². The minimum atomic E-state index is 0.601. The summed E-state index contributed by atoms with van der Waals surface area (Å²) in [5.74, 6) is 0. The first-order valence-electron chi connectivity index (χ1n) is 7.44. The van der Waals surface area contributed by atoms with E-state index < -0.39 is 0 Å². The highest BCUT2D eigenvalue weighted by Gasteiger charge is 2.07. The Morgan fingerprint density at radius 1 is 0.833 bits per heavy atom. The number of nitrogens with one attached hydrogen (secondary N) is 2. The number of hydrogen-bond donors (Lipinski definition) is 3. The average molecular weight is 332 g/mol. The van der Waals surface area contributed by atoms with Crippen LogP contribution in [-0.4, -0.2) is 0 Å². The molecule has 0 aliphatic rings. The summed E-state index contributed by atoms with van der Waals surface area (Å²) in [5, 5.41) is 16.6. The Labute approximate surface area is 143 Å². The Hall–Kier alpha value is -3.02. The maximum atomic E-state index is 9.01. The van der Waals surface area contributed by atoms with Gasteiger partial charge >= 0.3 is 0 Å². The molecule has 0 saturated heterocycles. The maximum Gasteiger partial charge on any atom is 0.0992 e. The maximum absolute atomic E-state index is 9.01. The molecular formula is C19H17N4P. The highest BCUT2D eigenvalue weighted by Crippen LogP contribution is 2.28. The SMILES string of the molecule is N#Cc1cccc(Nc2cc(Nc3ccccc3)c(P)cc2N)c1. The van der Waals surface area contributed by atoms with E-state index in [4.69, 9.17) is 11.0 Å². The summed E-state index contributed by atoms with van der Waals surface area (Å²) in [5.41, 5.74) is 10.9. The third kappa shape index (κ3) is 3.65. The Kier molecular flexibility index (Phi) is 4.65. The van der Waals surface area contributed by atoms with Crippen LogP contribution < -0.4 is 21.7 Å². The molecule has 0 saturated carbocycles. The van der Waals surface area contributed by atoms with E-state index in [1.807, 2.05) is 54.6 Å². The van der Waals surface area contributed by atoms with Crippen LogP contribution in [0, 0.1) is 11.3 Å². The van der Waals surface area contributed by atoms with Gasteiger partial charge in [0.2, 0.25) is 0 Å². The molecule has 0 aromatic heterocycles. The first-order chi connectivity index (χ1) is 11.7. The van der Waals surface area contributed by atoms with Crippen LogP contribution in [0.1, 0.15) is 5.56 Å². The third-order valence-corrected chi connectivity index (χ3v) is 4.02. The molecule has 118 valence electrons. The van der Waals surface area contributed by atoms with Gasteiger partial charge in [-0.25, -0.2) is 0 Å². The van der Waals surface area contributed by atoms with Crippen LogP contribution in [0.3, 0.4) is 0 Å². The molecule has 0 spiro atoms. The number of hydrogen-bond acceptors (Lipinski definition) is 4. The van der Waals surface area contributed by atoms with E-state index in [1.54, 1.807) is 12.1 Å². The first-order valence-corrected chi connectivity index (χ1v) is 8.02. The number of anilines is 5. The van der Waals surface area contributed by atoms with Gasteiger partial charge in [-0.15, -0.1) is 9.24 Å². The molecule has 4 N–H and O–H groups in total. The Morgan fingerprint density at radius 2 is 1.54 bits per heavy atom. The number of nitrogens with two attached hydrogens (primary N) is 1. The van der Waals surface area contributed by atoms with Crippen molar-refractivity contribution in [2.24, 2.45) is 0 Å². The fourth-order valence-corrected chi connectivity index (χ4v) is 2.68. The van der Waals surface area contributed by atoms with Crippen LogP contribution in [0.2, 0.25) is 0 Å². The monoisotopic (exact) mass is 332 g/mol. The van der Waals surface area contributed by atoms with E-state index in [2.05, 4.69) is 25.9 Å². The molecule has 1 unspecified atom stereocenters. The molecule has 3 aromatic carbocycles. The molecule has 24 heavy (non-hydrogen) atoms. The zero-order valence-electron chi connectivity index (χ0n) is 13.0. The Bertz CT molecular complexity index is 901. The molecule has 5 heteroatoms. The lowest BCUT2D eigenvalue weighted by Gasteiger charge is -2.15. The summed E-state index contributed by atoms with van der Waals surface area (Å²) in [6.07, 6.45) is 0. The molecule has 1 atom stereocenters. The largest absolute Gasteiger partial charge is 0.397 e. The van der Waals surface area contributed by atoms with Crippen LogP contribution in [0.4, 0.5) is 28.4 Å². The van der Waals surface area contributed by atoms with Gasteiger partial charge in [0.25, 0.3) is 0 Å². The van der Waals surface area contributed by atoms with Crippen LogP contribution in [0.25, 0.3) is 0 Å². The normalized spacial score (nSPS) is 10.0.